The summed E-state index contributed by atoms with van der Waals surface area (Å²) in [5.74, 6) is -0.380. The summed E-state index contributed by atoms with van der Waals surface area (Å²) in [6.45, 7) is 5.46. The Labute approximate surface area is 102 Å². The molecule has 0 aromatic heterocycles. The molecule has 0 heterocycles. The number of anilines is 1. The van der Waals surface area contributed by atoms with E-state index in [1.54, 1.807) is 12.1 Å². The number of nitrogens with two attached hydrogens (primary N) is 2. The average molecular weight is 236 g/mol. The molecule has 1 atom stereocenters. The first-order valence-electron chi connectivity index (χ1n) is 5.61. The van der Waals surface area contributed by atoms with Crippen LogP contribution in [0.5, 0.6) is 0 Å². The predicted octanol–water partition coefficient (Wildman–Crippen LogP) is 1.48. The molecule has 0 unspecified atom stereocenters. The molecule has 17 heavy (non-hydrogen) atoms. The first-order valence-corrected chi connectivity index (χ1v) is 5.61. The van der Waals surface area contributed by atoms with Gasteiger partial charge in [-0.15, -0.1) is 0 Å². The number of hydrogen-bond donors (Lipinski definition) is 2. The summed E-state index contributed by atoms with van der Waals surface area (Å²) in [6, 6.07) is 6.66. The van der Waals surface area contributed by atoms with Crippen LogP contribution in [0.3, 0.4) is 0 Å². The Morgan fingerprint density at radius 3 is 2.29 bits per heavy atom. The number of benzene rings is 1. The van der Waals surface area contributed by atoms with Gasteiger partial charge >= 0.3 is 5.97 Å². The smallest absolute Gasteiger partial charge is 0.323 e. The fourth-order valence-electron chi connectivity index (χ4n) is 1.37. The van der Waals surface area contributed by atoms with Gasteiger partial charge in [0, 0.05) is 5.69 Å². The monoisotopic (exact) mass is 236 g/mol. The van der Waals surface area contributed by atoms with Gasteiger partial charge in [-0.05, 0) is 44.9 Å². The minimum Gasteiger partial charge on any atom is -0.459 e. The Hall–Kier alpha value is -1.55. The predicted molar refractivity (Wildman–Crippen MR) is 68.4 cm³/mol. The summed E-state index contributed by atoms with van der Waals surface area (Å²) in [5, 5.41) is 0. The standard InChI is InChI=1S/C13H20N2O2/c1-13(2,3)17-12(16)11(15)8-9-4-6-10(14)7-5-9/h4-7,11H,8,14-15H2,1-3H3/t11-/m0/s1. The van der Waals surface area contributed by atoms with E-state index in [4.69, 9.17) is 16.2 Å². The van der Waals surface area contributed by atoms with Gasteiger partial charge in [-0.25, -0.2) is 0 Å². The number of carbonyl (C=O) groups excluding carboxylic acids is 1. The lowest BCUT2D eigenvalue weighted by atomic mass is 10.1. The SMILES string of the molecule is CC(C)(C)OC(=O)[C@@H](N)Cc1ccc(N)cc1. The van der Waals surface area contributed by atoms with Gasteiger partial charge in [0.1, 0.15) is 11.6 Å². The van der Waals surface area contributed by atoms with Crippen LogP contribution >= 0.6 is 0 Å². The zero-order valence-corrected chi connectivity index (χ0v) is 10.6. The van der Waals surface area contributed by atoms with Crippen LogP contribution in [-0.4, -0.2) is 17.6 Å². The molecule has 4 nitrogen and oxygen atoms in total. The van der Waals surface area contributed by atoms with Crippen LogP contribution in [0.2, 0.25) is 0 Å². The van der Waals surface area contributed by atoms with Gasteiger partial charge in [-0.2, -0.15) is 0 Å². The van der Waals surface area contributed by atoms with Crippen molar-refractivity contribution in [2.45, 2.75) is 38.8 Å². The second-order valence-electron chi connectivity index (χ2n) is 5.09. The van der Waals surface area contributed by atoms with Gasteiger partial charge in [0.25, 0.3) is 0 Å². The molecular formula is C13H20N2O2. The summed E-state index contributed by atoms with van der Waals surface area (Å²) < 4.78 is 5.21. The van der Waals surface area contributed by atoms with Crippen molar-refractivity contribution in [3.05, 3.63) is 29.8 Å². The number of hydrogen-bond acceptors (Lipinski definition) is 4. The van der Waals surface area contributed by atoms with E-state index < -0.39 is 11.6 Å². The summed E-state index contributed by atoms with van der Waals surface area (Å²) in [7, 11) is 0. The number of carbonyl (C=O) groups is 1. The molecule has 0 bridgehead atoms. The summed E-state index contributed by atoms with van der Waals surface area (Å²) in [6.07, 6.45) is 0.454. The van der Waals surface area contributed by atoms with E-state index in [1.807, 2.05) is 32.9 Å². The van der Waals surface area contributed by atoms with Crippen molar-refractivity contribution in [3.63, 3.8) is 0 Å². The molecule has 0 radical (unpaired) electrons. The van der Waals surface area contributed by atoms with E-state index in [2.05, 4.69) is 0 Å². The van der Waals surface area contributed by atoms with E-state index in [-0.39, 0.29) is 5.97 Å². The van der Waals surface area contributed by atoms with Gasteiger partial charge in [0.05, 0.1) is 0 Å². The molecule has 4 heteroatoms. The Kier molecular flexibility index (Phi) is 4.12. The Morgan fingerprint density at radius 2 is 1.82 bits per heavy atom. The molecule has 0 amide bonds. The molecule has 4 N–H and O–H groups in total. The number of rotatable bonds is 3. The highest BCUT2D eigenvalue weighted by Crippen LogP contribution is 2.11. The highest BCUT2D eigenvalue weighted by molar-refractivity contribution is 5.76. The maximum atomic E-state index is 11.7. The van der Waals surface area contributed by atoms with Crippen molar-refractivity contribution >= 4 is 11.7 Å². The third kappa shape index (κ3) is 4.87. The van der Waals surface area contributed by atoms with Gasteiger partial charge < -0.3 is 16.2 Å². The number of ether oxygens (including phenoxy) is 1. The molecule has 0 aliphatic carbocycles. The van der Waals surface area contributed by atoms with Gasteiger partial charge in [-0.3, -0.25) is 4.79 Å². The molecule has 0 saturated heterocycles. The van der Waals surface area contributed by atoms with Gasteiger partial charge in [0.2, 0.25) is 0 Å². The van der Waals surface area contributed by atoms with Gasteiger partial charge in [0.15, 0.2) is 0 Å². The lowest BCUT2D eigenvalue weighted by molar-refractivity contribution is -0.156. The number of esters is 1. The molecule has 94 valence electrons. The molecule has 1 aromatic rings. The highest BCUT2D eigenvalue weighted by atomic mass is 16.6. The van der Waals surface area contributed by atoms with E-state index in [0.29, 0.717) is 12.1 Å². The molecule has 0 spiro atoms. The Morgan fingerprint density at radius 1 is 1.29 bits per heavy atom. The summed E-state index contributed by atoms with van der Waals surface area (Å²) in [5.41, 5.74) is 12.5. The Bertz CT molecular complexity index is 379. The normalized spacial score (nSPS) is 13.2. The second-order valence-corrected chi connectivity index (χ2v) is 5.09. The zero-order chi connectivity index (χ0) is 13.1. The largest absolute Gasteiger partial charge is 0.459 e. The van der Waals surface area contributed by atoms with E-state index in [1.165, 1.54) is 0 Å². The van der Waals surface area contributed by atoms with E-state index in [9.17, 15) is 4.79 Å². The topological polar surface area (TPSA) is 78.3 Å². The van der Waals surface area contributed by atoms with Crippen molar-refractivity contribution in [3.8, 4) is 0 Å². The molecular weight excluding hydrogens is 216 g/mol. The molecule has 0 aliphatic heterocycles. The van der Waals surface area contributed by atoms with Crippen LogP contribution < -0.4 is 11.5 Å². The maximum absolute atomic E-state index is 11.7. The van der Waals surface area contributed by atoms with Crippen LogP contribution in [0.1, 0.15) is 26.3 Å². The molecule has 1 aromatic carbocycles. The van der Waals surface area contributed by atoms with Crippen LogP contribution in [0, 0.1) is 0 Å². The van der Waals surface area contributed by atoms with Crippen LogP contribution in [-0.2, 0) is 16.0 Å². The number of nitrogen functional groups attached to an aromatic ring is 1. The van der Waals surface area contributed by atoms with Crippen molar-refractivity contribution in [1.82, 2.24) is 0 Å². The van der Waals surface area contributed by atoms with Crippen molar-refractivity contribution in [2.75, 3.05) is 5.73 Å². The summed E-state index contributed by atoms with van der Waals surface area (Å²) >= 11 is 0. The summed E-state index contributed by atoms with van der Waals surface area (Å²) in [4.78, 5) is 11.7. The first kappa shape index (κ1) is 13.5. The molecule has 0 saturated carbocycles. The lowest BCUT2D eigenvalue weighted by Gasteiger charge is -2.22. The van der Waals surface area contributed by atoms with Crippen LogP contribution in [0.4, 0.5) is 5.69 Å². The molecule has 0 fully saturated rings. The third-order valence-electron chi connectivity index (χ3n) is 2.14. The maximum Gasteiger partial charge on any atom is 0.323 e. The third-order valence-corrected chi connectivity index (χ3v) is 2.14. The van der Waals surface area contributed by atoms with Crippen LogP contribution in [0.25, 0.3) is 0 Å². The lowest BCUT2D eigenvalue weighted by Crippen LogP contribution is -2.38. The minimum atomic E-state index is -0.641. The van der Waals surface area contributed by atoms with Gasteiger partial charge in [-0.1, -0.05) is 12.1 Å². The fraction of sp³-hybridized carbons (Fsp3) is 0.462. The minimum absolute atomic E-state index is 0.380. The highest BCUT2D eigenvalue weighted by Gasteiger charge is 2.22. The fourth-order valence-corrected chi connectivity index (χ4v) is 1.37. The Balaban J connectivity index is 2.57. The molecule has 1 rings (SSSR count). The van der Waals surface area contributed by atoms with Crippen molar-refractivity contribution in [1.29, 1.82) is 0 Å². The average Bonchev–Trinajstić information content (AvgIpc) is 2.19. The molecule has 0 aliphatic rings. The van der Waals surface area contributed by atoms with E-state index in [0.717, 1.165) is 5.56 Å². The van der Waals surface area contributed by atoms with E-state index >= 15 is 0 Å². The first-order chi connectivity index (χ1) is 7.78. The van der Waals surface area contributed by atoms with Crippen molar-refractivity contribution < 1.29 is 9.53 Å². The zero-order valence-electron chi connectivity index (χ0n) is 10.6. The van der Waals surface area contributed by atoms with Crippen molar-refractivity contribution in [2.24, 2.45) is 5.73 Å². The van der Waals surface area contributed by atoms with Crippen LogP contribution in [0.15, 0.2) is 24.3 Å². The quantitative estimate of drug-likeness (QED) is 0.615. The second kappa shape index (κ2) is 5.19.